The van der Waals surface area contributed by atoms with Gasteiger partial charge in [-0.1, -0.05) is 6.42 Å². The van der Waals surface area contributed by atoms with Crippen molar-refractivity contribution in [1.29, 1.82) is 0 Å². The number of carbonyl (C=O) groups excluding carboxylic acids is 2. The van der Waals surface area contributed by atoms with Gasteiger partial charge in [0.05, 0.1) is 11.3 Å². The smallest absolute Gasteiger partial charge is 0.256 e. The second kappa shape index (κ2) is 8.44. The Kier molecular flexibility index (Phi) is 5.72. The Morgan fingerprint density at radius 3 is 2.77 bits per heavy atom. The topological polar surface area (TPSA) is 77.2 Å². The van der Waals surface area contributed by atoms with Crippen molar-refractivity contribution in [2.75, 3.05) is 30.3 Å². The van der Waals surface area contributed by atoms with Crippen LogP contribution < -0.4 is 10.6 Å². The summed E-state index contributed by atoms with van der Waals surface area (Å²) in [6.07, 6.45) is 5.85. The van der Waals surface area contributed by atoms with Crippen molar-refractivity contribution < 1.29 is 14.0 Å². The minimum absolute atomic E-state index is 0.0176. The third-order valence-corrected chi connectivity index (χ3v) is 5.90. The van der Waals surface area contributed by atoms with Crippen LogP contribution in [0.15, 0.2) is 18.2 Å². The molecule has 0 aliphatic carbocycles. The highest BCUT2D eigenvalue weighted by Gasteiger charge is 2.25. The number of halogens is 1. The lowest BCUT2D eigenvalue weighted by molar-refractivity contribution is -0.116. The summed E-state index contributed by atoms with van der Waals surface area (Å²) in [6.45, 7) is 6.69. The number of nitrogens with zero attached hydrogens (tertiary/aromatic N) is 1. The summed E-state index contributed by atoms with van der Waals surface area (Å²) >= 11 is 0. The number of fused-ring (bicyclic) bond motifs is 1. The molecular formula is C23H27FN4O2. The largest absolute Gasteiger partial charge is 0.357 e. The number of hydrogen-bond acceptors (Lipinski definition) is 3. The fraction of sp³-hybridized carbons (Fsp3) is 0.391. The average Bonchev–Trinajstić information content (AvgIpc) is 3.18. The Morgan fingerprint density at radius 2 is 2.00 bits per heavy atom. The van der Waals surface area contributed by atoms with Gasteiger partial charge in [0.1, 0.15) is 5.82 Å². The van der Waals surface area contributed by atoms with E-state index in [2.05, 4.69) is 20.5 Å². The maximum Gasteiger partial charge on any atom is 0.256 e. The number of likely N-dealkylation sites (tertiary alicyclic amines) is 1. The Morgan fingerprint density at radius 1 is 1.23 bits per heavy atom. The van der Waals surface area contributed by atoms with Crippen molar-refractivity contribution in [3.05, 3.63) is 46.5 Å². The summed E-state index contributed by atoms with van der Waals surface area (Å²) in [5.41, 5.74) is 4.67. The molecule has 158 valence electrons. The van der Waals surface area contributed by atoms with Gasteiger partial charge in [-0.2, -0.15) is 0 Å². The van der Waals surface area contributed by atoms with Crippen LogP contribution in [0.4, 0.5) is 15.8 Å². The van der Waals surface area contributed by atoms with E-state index in [4.69, 9.17) is 0 Å². The highest BCUT2D eigenvalue weighted by molar-refractivity contribution is 6.34. The number of H-pyrrole nitrogens is 1. The van der Waals surface area contributed by atoms with E-state index in [0.29, 0.717) is 23.2 Å². The molecule has 1 saturated heterocycles. The third-order valence-electron chi connectivity index (χ3n) is 5.90. The van der Waals surface area contributed by atoms with Gasteiger partial charge in [-0.25, -0.2) is 4.39 Å². The molecule has 4 rings (SSSR count). The molecule has 1 aromatic carbocycles. The molecule has 2 aliphatic rings. The maximum absolute atomic E-state index is 13.7. The van der Waals surface area contributed by atoms with Gasteiger partial charge in [0.15, 0.2) is 0 Å². The van der Waals surface area contributed by atoms with Crippen molar-refractivity contribution in [1.82, 2.24) is 9.88 Å². The Bertz CT molecular complexity index is 1020. The van der Waals surface area contributed by atoms with Crippen LogP contribution in [0.2, 0.25) is 0 Å². The molecule has 0 unspecified atom stereocenters. The van der Waals surface area contributed by atoms with Crippen molar-refractivity contribution in [3.8, 4) is 0 Å². The number of anilines is 2. The van der Waals surface area contributed by atoms with E-state index < -0.39 is 5.82 Å². The highest BCUT2D eigenvalue weighted by Crippen LogP contribution is 2.35. The summed E-state index contributed by atoms with van der Waals surface area (Å²) in [5.74, 6) is -0.678. The van der Waals surface area contributed by atoms with E-state index in [-0.39, 0.29) is 11.8 Å². The van der Waals surface area contributed by atoms with E-state index in [9.17, 15) is 14.0 Å². The second-order valence-corrected chi connectivity index (χ2v) is 8.07. The molecule has 6 nitrogen and oxygen atoms in total. The number of rotatable bonds is 5. The number of benzene rings is 1. The molecule has 0 radical (unpaired) electrons. The summed E-state index contributed by atoms with van der Waals surface area (Å²) in [4.78, 5) is 30.4. The molecule has 2 amide bonds. The van der Waals surface area contributed by atoms with Gasteiger partial charge in [0.25, 0.3) is 5.91 Å². The molecule has 2 aliphatic heterocycles. The average molecular weight is 410 g/mol. The Labute approximate surface area is 175 Å². The molecule has 3 heterocycles. The van der Waals surface area contributed by atoms with Gasteiger partial charge in [-0.3, -0.25) is 9.59 Å². The van der Waals surface area contributed by atoms with Crippen LogP contribution in [0, 0.1) is 19.7 Å². The number of carbonyl (C=O) groups is 2. The Balaban J connectivity index is 1.50. The van der Waals surface area contributed by atoms with Crippen molar-refractivity contribution >= 4 is 34.8 Å². The zero-order valence-corrected chi connectivity index (χ0v) is 17.4. The van der Waals surface area contributed by atoms with E-state index in [1.807, 2.05) is 13.8 Å². The van der Waals surface area contributed by atoms with Crippen LogP contribution in [-0.2, 0) is 9.59 Å². The molecule has 0 spiro atoms. The van der Waals surface area contributed by atoms with Crippen LogP contribution in [0.3, 0.4) is 0 Å². The molecule has 1 aromatic heterocycles. The number of piperidine rings is 1. The predicted molar refractivity (Wildman–Crippen MR) is 117 cm³/mol. The fourth-order valence-electron chi connectivity index (χ4n) is 4.20. The van der Waals surface area contributed by atoms with E-state index in [0.717, 1.165) is 42.3 Å². The SMILES string of the molecule is Cc1[nH]c(/C=C2\C(=O)Nc3ccc(F)cc32)c(C)c1NC(=O)CCN1CCCCC1. The van der Waals surface area contributed by atoms with Crippen LogP contribution in [0.5, 0.6) is 0 Å². The lowest BCUT2D eigenvalue weighted by atomic mass is 10.0. The number of amides is 2. The molecule has 1 fully saturated rings. The summed E-state index contributed by atoms with van der Waals surface area (Å²) < 4.78 is 13.7. The molecule has 0 bridgehead atoms. The van der Waals surface area contributed by atoms with Crippen molar-refractivity contribution in [3.63, 3.8) is 0 Å². The molecule has 0 saturated carbocycles. The minimum Gasteiger partial charge on any atom is -0.357 e. The van der Waals surface area contributed by atoms with Crippen molar-refractivity contribution in [2.45, 2.75) is 39.5 Å². The quantitative estimate of drug-likeness (QED) is 0.650. The summed E-state index contributed by atoms with van der Waals surface area (Å²) in [7, 11) is 0. The first kappa shape index (κ1) is 20.3. The lowest BCUT2D eigenvalue weighted by Crippen LogP contribution is -2.32. The first-order chi connectivity index (χ1) is 14.4. The molecule has 2 aromatic rings. The van der Waals surface area contributed by atoms with Gasteiger partial charge in [0, 0.05) is 35.6 Å². The van der Waals surface area contributed by atoms with E-state index in [1.54, 1.807) is 12.1 Å². The molecule has 30 heavy (non-hydrogen) atoms. The number of aromatic amines is 1. The zero-order valence-electron chi connectivity index (χ0n) is 17.4. The second-order valence-electron chi connectivity index (χ2n) is 8.07. The first-order valence-corrected chi connectivity index (χ1v) is 10.5. The van der Waals surface area contributed by atoms with Gasteiger partial charge >= 0.3 is 0 Å². The number of hydrogen-bond donors (Lipinski definition) is 3. The number of nitrogens with one attached hydrogen (secondary N) is 3. The van der Waals surface area contributed by atoms with Crippen LogP contribution in [0.25, 0.3) is 11.6 Å². The van der Waals surface area contributed by atoms with E-state index >= 15 is 0 Å². The third kappa shape index (κ3) is 4.16. The fourth-order valence-corrected chi connectivity index (χ4v) is 4.20. The standard InChI is InChI=1S/C23H27FN4O2/c1-14-20(13-18-17-12-16(24)6-7-19(17)26-23(18)30)25-15(2)22(14)27-21(29)8-11-28-9-4-3-5-10-28/h6-7,12-13,25H,3-5,8-11H2,1-2H3,(H,26,30)(H,27,29)/b18-13-. The maximum atomic E-state index is 13.7. The highest BCUT2D eigenvalue weighted by atomic mass is 19.1. The van der Waals surface area contributed by atoms with E-state index in [1.165, 1.54) is 31.4 Å². The van der Waals surface area contributed by atoms with Crippen LogP contribution in [0.1, 0.15) is 48.2 Å². The first-order valence-electron chi connectivity index (χ1n) is 10.5. The van der Waals surface area contributed by atoms with Gasteiger partial charge in [0.2, 0.25) is 5.91 Å². The molecule has 7 heteroatoms. The van der Waals surface area contributed by atoms with Crippen molar-refractivity contribution in [2.24, 2.45) is 0 Å². The van der Waals surface area contributed by atoms with Crippen LogP contribution in [-0.4, -0.2) is 41.3 Å². The van der Waals surface area contributed by atoms with Crippen LogP contribution >= 0.6 is 0 Å². The molecular weight excluding hydrogens is 383 g/mol. The zero-order chi connectivity index (χ0) is 21.3. The molecule has 0 atom stereocenters. The summed E-state index contributed by atoms with van der Waals surface area (Å²) in [5, 5.41) is 5.77. The number of aryl methyl sites for hydroxylation is 1. The predicted octanol–water partition coefficient (Wildman–Crippen LogP) is 4.08. The normalized spacial score (nSPS) is 17.8. The summed E-state index contributed by atoms with van der Waals surface area (Å²) in [6, 6.07) is 4.24. The monoisotopic (exact) mass is 410 g/mol. The Hall–Kier alpha value is -2.93. The minimum atomic E-state index is -0.391. The number of aromatic nitrogens is 1. The van der Waals surface area contributed by atoms with Gasteiger partial charge in [-0.15, -0.1) is 0 Å². The molecule has 3 N–H and O–H groups in total. The van der Waals surface area contributed by atoms with Gasteiger partial charge in [-0.05, 0) is 69.6 Å². The lowest BCUT2D eigenvalue weighted by Gasteiger charge is -2.25. The van der Waals surface area contributed by atoms with Gasteiger partial charge < -0.3 is 20.5 Å².